The highest BCUT2D eigenvalue weighted by Gasteiger charge is 2.34. The molecule has 1 atom stereocenters. The largest absolute Gasteiger partial charge is 0.490 e. The highest BCUT2D eigenvalue weighted by molar-refractivity contribution is 6.12. The molecule has 9 nitrogen and oxygen atoms in total. The molecular weight excluding hydrogens is 415 g/mol. The number of rotatable bonds is 5. The molecule has 1 aliphatic heterocycles. The van der Waals surface area contributed by atoms with Gasteiger partial charge in [0.25, 0.3) is 5.91 Å². The molecule has 0 spiro atoms. The maximum atomic E-state index is 13.0. The number of carbonyl (C=O) groups is 1. The lowest BCUT2D eigenvalue weighted by atomic mass is 10.2. The molecule has 0 saturated carbocycles. The van der Waals surface area contributed by atoms with Crippen molar-refractivity contribution in [3.63, 3.8) is 0 Å². The van der Waals surface area contributed by atoms with E-state index in [1.807, 2.05) is 7.05 Å². The first-order valence-corrected chi connectivity index (χ1v) is 9.54. The monoisotopic (exact) mass is 435 g/mol. The quantitative estimate of drug-likeness (QED) is 0.633. The van der Waals surface area contributed by atoms with E-state index >= 15 is 0 Å². The molecule has 0 aliphatic carbocycles. The Morgan fingerprint density at radius 3 is 2.90 bits per heavy atom. The Kier molecular flexibility index (Phi) is 5.39. The van der Waals surface area contributed by atoms with Gasteiger partial charge < -0.3 is 20.7 Å². The fourth-order valence-electron chi connectivity index (χ4n) is 3.48. The van der Waals surface area contributed by atoms with Crippen LogP contribution < -0.4 is 15.8 Å². The van der Waals surface area contributed by atoms with Gasteiger partial charge in [-0.15, -0.1) is 5.10 Å². The Morgan fingerprint density at radius 1 is 1.39 bits per heavy atom. The van der Waals surface area contributed by atoms with Crippen LogP contribution >= 0.6 is 0 Å². The van der Waals surface area contributed by atoms with Crippen molar-refractivity contribution in [2.45, 2.75) is 25.1 Å². The average molecular weight is 435 g/mol. The first kappa shape index (κ1) is 20.8. The standard InChI is InChI=1S/C19H20F3N7O2/c1-28-7-2-3-11(28)10-31-13-4-6-24-9-12(13)25-18(30)15-16(23)27-29-8-5-14(19(20,21)22)26-17(15)29/h4-6,8-9,11H,2-3,7,10H2,1H3,(H2,23,27)(H,25,30). The van der Waals surface area contributed by atoms with Crippen LogP contribution in [0.15, 0.2) is 30.7 Å². The van der Waals surface area contributed by atoms with Crippen LogP contribution in [0.1, 0.15) is 28.9 Å². The summed E-state index contributed by atoms with van der Waals surface area (Å²) in [7, 11) is 2.02. The second kappa shape index (κ2) is 8.02. The number of anilines is 2. The number of nitrogen functional groups attached to an aromatic ring is 1. The number of halogens is 3. The maximum absolute atomic E-state index is 13.0. The van der Waals surface area contributed by atoms with Crippen molar-refractivity contribution in [2.24, 2.45) is 0 Å². The molecular formula is C19H20F3N7O2. The third-order valence-corrected chi connectivity index (χ3v) is 5.16. The third kappa shape index (κ3) is 4.24. The van der Waals surface area contributed by atoms with Crippen LogP contribution in [-0.2, 0) is 6.18 Å². The minimum Gasteiger partial charge on any atom is -0.490 e. The summed E-state index contributed by atoms with van der Waals surface area (Å²) in [5, 5.41) is 6.47. The van der Waals surface area contributed by atoms with E-state index in [1.54, 1.807) is 6.07 Å². The number of likely N-dealkylation sites (N-methyl/N-ethyl adjacent to an activating group) is 1. The van der Waals surface area contributed by atoms with Crippen molar-refractivity contribution in [1.29, 1.82) is 0 Å². The number of aromatic nitrogens is 4. The number of nitrogens with one attached hydrogen (secondary N) is 1. The Balaban J connectivity index is 1.59. The summed E-state index contributed by atoms with van der Waals surface area (Å²) in [6.45, 7) is 1.42. The lowest BCUT2D eigenvalue weighted by molar-refractivity contribution is -0.141. The number of fused-ring (bicyclic) bond motifs is 1. The summed E-state index contributed by atoms with van der Waals surface area (Å²) in [5.41, 5.74) is 4.34. The first-order valence-electron chi connectivity index (χ1n) is 9.54. The second-order valence-corrected chi connectivity index (χ2v) is 7.25. The molecule has 1 amide bonds. The number of ether oxygens (including phenoxy) is 1. The molecule has 0 bridgehead atoms. The van der Waals surface area contributed by atoms with Crippen molar-refractivity contribution >= 4 is 23.1 Å². The normalized spacial score (nSPS) is 17.2. The average Bonchev–Trinajstić information content (AvgIpc) is 3.27. The zero-order chi connectivity index (χ0) is 22.2. The summed E-state index contributed by atoms with van der Waals surface area (Å²) in [4.78, 5) is 22.6. The van der Waals surface area contributed by atoms with E-state index in [0.717, 1.165) is 36.2 Å². The van der Waals surface area contributed by atoms with Gasteiger partial charge in [-0.2, -0.15) is 13.2 Å². The molecule has 1 aliphatic rings. The van der Waals surface area contributed by atoms with E-state index in [9.17, 15) is 18.0 Å². The van der Waals surface area contributed by atoms with Gasteiger partial charge in [-0.3, -0.25) is 9.78 Å². The number of amides is 1. The second-order valence-electron chi connectivity index (χ2n) is 7.25. The molecule has 0 aromatic carbocycles. The van der Waals surface area contributed by atoms with E-state index in [0.29, 0.717) is 12.4 Å². The van der Waals surface area contributed by atoms with Crippen LogP contribution in [0.25, 0.3) is 5.65 Å². The summed E-state index contributed by atoms with van der Waals surface area (Å²) in [6.07, 6.45) is 1.38. The molecule has 1 saturated heterocycles. The lowest BCUT2D eigenvalue weighted by Crippen LogP contribution is -2.30. The Labute approximate surface area is 175 Å². The van der Waals surface area contributed by atoms with Crippen molar-refractivity contribution in [3.8, 4) is 5.75 Å². The van der Waals surface area contributed by atoms with E-state index in [1.165, 1.54) is 12.4 Å². The van der Waals surface area contributed by atoms with Gasteiger partial charge in [0.2, 0.25) is 0 Å². The Morgan fingerprint density at radius 2 is 2.19 bits per heavy atom. The van der Waals surface area contributed by atoms with Gasteiger partial charge in [0.1, 0.15) is 29.3 Å². The Bertz CT molecular complexity index is 1120. The smallest absolute Gasteiger partial charge is 0.433 e. The van der Waals surface area contributed by atoms with E-state index in [-0.39, 0.29) is 28.8 Å². The topological polar surface area (TPSA) is 111 Å². The number of pyridine rings is 1. The van der Waals surface area contributed by atoms with Crippen LogP contribution in [0.3, 0.4) is 0 Å². The number of hydrogen-bond acceptors (Lipinski definition) is 7. The number of hydrogen-bond donors (Lipinski definition) is 2. The van der Waals surface area contributed by atoms with Gasteiger partial charge in [-0.25, -0.2) is 9.50 Å². The number of alkyl halides is 3. The van der Waals surface area contributed by atoms with Crippen molar-refractivity contribution in [1.82, 2.24) is 24.5 Å². The molecule has 1 unspecified atom stereocenters. The van der Waals surface area contributed by atoms with E-state index in [4.69, 9.17) is 10.5 Å². The van der Waals surface area contributed by atoms with Crippen LogP contribution in [-0.4, -0.2) is 56.6 Å². The van der Waals surface area contributed by atoms with Crippen molar-refractivity contribution in [3.05, 3.63) is 42.0 Å². The SMILES string of the molecule is CN1CCCC1COc1ccncc1NC(=O)c1c(N)nn2ccc(C(F)(F)F)nc12. The fourth-order valence-corrected chi connectivity index (χ4v) is 3.48. The lowest BCUT2D eigenvalue weighted by Gasteiger charge is -2.20. The summed E-state index contributed by atoms with van der Waals surface area (Å²) in [6, 6.07) is 2.62. The highest BCUT2D eigenvalue weighted by Crippen LogP contribution is 2.30. The van der Waals surface area contributed by atoms with Crippen molar-refractivity contribution in [2.75, 3.05) is 31.2 Å². The number of nitrogens with zero attached hydrogens (tertiary/aromatic N) is 5. The van der Waals surface area contributed by atoms with Gasteiger partial charge >= 0.3 is 6.18 Å². The predicted molar refractivity (Wildman–Crippen MR) is 106 cm³/mol. The zero-order valence-corrected chi connectivity index (χ0v) is 16.6. The minimum absolute atomic E-state index is 0.247. The summed E-state index contributed by atoms with van der Waals surface area (Å²) in [5.74, 6) is -0.624. The molecule has 3 N–H and O–H groups in total. The summed E-state index contributed by atoms with van der Waals surface area (Å²) >= 11 is 0. The molecule has 31 heavy (non-hydrogen) atoms. The van der Waals surface area contributed by atoms with E-state index < -0.39 is 17.8 Å². The first-order chi connectivity index (χ1) is 14.7. The fraction of sp³-hybridized carbons (Fsp3) is 0.368. The zero-order valence-electron chi connectivity index (χ0n) is 16.6. The molecule has 3 aromatic heterocycles. The molecule has 164 valence electrons. The van der Waals surface area contributed by atoms with Crippen LogP contribution in [0, 0.1) is 0 Å². The number of likely N-dealkylation sites (tertiary alicyclic amines) is 1. The van der Waals surface area contributed by atoms with Gasteiger partial charge in [-0.05, 0) is 32.5 Å². The molecule has 3 aromatic rings. The summed E-state index contributed by atoms with van der Waals surface area (Å²) < 4.78 is 46.0. The molecule has 0 radical (unpaired) electrons. The van der Waals surface area contributed by atoms with Gasteiger partial charge in [-0.1, -0.05) is 0 Å². The van der Waals surface area contributed by atoms with Crippen molar-refractivity contribution < 1.29 is 22.7 Å². The van der Waals surface area contributed by atoms with Crippen LogP contribution in [0.5, 0.6) is 5.75 Å². The van der Waals surface area contributed by atoms with Crippen LogP contribution in [0.2, 0.25) is 0 Å². The number of carbonyl (C=O) groups excluding carboxylic acids is 1. The maximum Gasteiger partial charge on any atom is 0.433 e. The minimum atomic E-state index is -4.67. The third-order valence-electron chi connectivity index (χ3n) is 5.16. The molecule has 12 heteroatoms. The number of nitrogens with two attached hydrogens (primary N) is 1. The predicted octanol–water partition coefficient (Wildman–Crippen LogP) is 2.45. The molecule has 4 rings (SSSR count). The molecule has 4 heterocycles. The molecule has 1 fully saturated rings. The van der Waals surface area contributed by atoms with Gasteiger partial charge in [0.05, 0.1) is 6.20 Å². The Hall–Kier alpha value is -3.41. The van der Waals surface area contributed by atoms with Gasteiger partial charge in [0, 0.05) is 24.5 Å². The van der Waals surface area contributed by atoms with Crippen LogP contribution in [0.4, 0.5) is 24.7 Å². The van der Waals surface area contributed by atoms with E-state index in [2.05, 4.69) is 25.3 Å². The van der Waals surface area contributed by atoms with Gasteiger partial charge in [0.15, 0.2) is 11.5 Å². The highest BCUT2D eigenvalue weighted by atomic mass is 19.4.